The van der Waals surface area contributed by atoms with Crippen molar-refractivity contribution in [2.45, 2.75) is 33.6 Å². The average Bonchev–Trinajstić information content (AvgIpc) is 2.61. The Morgan fingerprint density at radius 3 is 2.42 bits per heavy atom. The fourth-order valence-electron chi connectivity index (χ4n) is 3.00. The predicted molar refractivity (Wildman–Crippen MR) is 100 cm³/mol. The molecule has 0 aliphatic carbocycles. The molecule has 1 amide bonds. The first-order chi connectivity index (χ1) is 12.3. The van der Waals surface area contributed by atoms with Crippen molar-refractivity contribution in [3.8, 4) is 0 Å². The second-order valence-electron chi connectivity index (χ2n) is 6.89. The van der Waals surface area contributed by atoms with Crippen molar-refractivity contribution in [1.82, 2.24) is 24.8 Å². The van der Waals surface area contributed by atoms with Gasteiger partial charge in [0.15, 0.2) is 0 Å². The first-order valence-electron chi connectivity index (χ1n) is 8.84. The SMILES string of the molecule is Cc1cc(N2CCN(C(=O)c3cnc(N)nc3C)CC2)nc(C(C)C)n1. The first-order valence-corrected chi connectivity index (χ1v) is 8.84. The number of anilines is 2. The van der Waals surface area contributed by atoms with Gasteiger partial charge in [-0.2, -0.15) is 0 Å². The summed E-state index contributed by atoms with van der Waals surface area (Å²) in [5, 5.41) is 0. The van der Waals surface area contributed by atoms with Gasteiger partial charge in [0.2, 0.25) is 5.95 Å². The maximum absolute atomic E-state index is 12.7. The van der Waals surface area contributed by atoms with E-state index in [1.54, 1.807) is 6.92 Å². The standard InChI is InChI=1S/C18H25N7O/c1-11(2)16-21-12(3)9-15(23-16)24-5-7-25(8-6-24)17(26)14-10-20-18(19)22-13(14)4/h9-11H,5-8H2,1-4H3,(H2,19,20,22). The van der Waals surface area contributed by atoms with E-state index in [-0.39, 0.29) is 17.8 Å². The number of nitrogens with two attached hydrogens (primary N) is 1. The van der Waals surface area contributed by atoms with Gasteiger partial charge in [0.25, 0.3) is 5.91 Å². The van der Waals surface area contributed by atoms with Crippen LogP contribution in [0.3, 0.4) is 0 Å². The second-order valence-corrected chi connectivity index (χ2v) is 6.89. The normalized spacial score (nSPS) is 14.8. The molecule has 3 heterocycles. The summed E-state index contributed by atoms with van der Waals surface area (Å²) in [7, 11) is 0. The highest BCUT2D eigenvalue weighted by molar-refractivity contribution is 5.95. The highest BCUT2D eigenvalue weighted by Gasteiger charge is 2.25. The Morgan fingerprint density at radius 2 is 1.81 bits per heavy atom. The zero-order valence-electron chi connectivity index (χ0n) is 15.7. The predicted octanol–water partition coefficient (Wildman–Crippen LogP) is 1.55. The molecule has 1 aliphatic heterocycles. The van der Waals surface area contributed by atoms with E-state index in [9.17, 15) is 4.79 Å². The molecule has 0 saturated carbocycles. The van der Waals surface area contributed by atoms with Crippen LogP contribution in [0.4, 0.5) is 11.8 Å². The van der Waals surface area contributed by atoms with Crippen molar-refractivity contribution in [1.29, 1.82) is 0 Å². The number of rotatable bonds is 3. The summed E-state index contributed by atoms with van der Waals surface area (Å²) in [6.07, 6.45) is 1.51. The van der Waals surface area contributed by atoms with Crippen LogP contribution in [0.25, 0.3) is 0 Å². The van der Waals surface area contributed by atoms with E-state index in [4.69, 9.17) is 5.73 Å². The Labute approximate surface area is 153 Å². The lowest BCUT2D eigenvalue weighted by Crippen LogP contribution is -2.49. The number of nitrogens with zero attached hydrogens (tertiary/aromatic N) is 6. The van der Waals surface area contributed by atoms with E-state index < -0.39 is 0 Å². The van der Waals surface area contributed by atoms with Gasteiger partial charge in [-0.15, -0.1) is 0 Å². The average molecular weight is 355 g/mol. The quantitative estimate of drug-likeness (QED) is 0.891. The largest absolute Gasteiger partial charge is 0.368 e. The van der Waals surface area contributed by atoms with E-state index in [0.29, 0.717) is 24.3 Å². The Bertz CT molecular complexity index is 813. The van der Waals surface area contributed by atoms with Crippen molar-refractivity contribution >= 4 is 17.7 Å². The molecule has 1 fully saturated rings. The molecular formula is C18H25N7O. The minimum absolute atomic E-state index is 0.0520. The van der Waals surface area contributed by atoms with Gasteiger partial charge >= 0.3 is 0 Å². The van der Waals surface area contributed by atoms with Crippen molar-refractivity contribution in [3.05, 3.63) is 35.0 Å². The Morgan fingerprint density at radius 1 is 1.12 bits per heavy atom. The lowest BCUT2D eigenvalue weighted by atomic mass is 10.2. The van der Waals surface area contributed by atoms with Crippen molar-refractivity contribution < 1.29 is 4.79 Å². The third kappa shape index (κ3) is 3.74. The summed E-state index contributed by atoms with van der Waals surface area (Å²) in [4.78, 5) is 34.0. The number of aryl methyl sites for hydroxylation is 2. The van der Waals surface area contributed by atoms with E-state index in [1.807, 2.05) is 17.9 Å². The van der Waals surface area contributed by atoms with Crippen LogP contribution in [0.1, 0.15) is 47.3 Å². The monoisotopic (exact) mass is 355 g/mol. The van der Waals surface area contributed by atoms with Gasteiger partial charge in [-0.25, -0.2) is 19.9 Å². The van der Waals surface area contributed by atoms with Gasteiger partial charge in [0.1, 0.15) is 11.6 Å². The molecule has 0 unspecified atom stereocenters. The summed E-state index contributed by atoms with van der Waals surface area (Å²) < 4.78 is 0. The van der Waals surface area contributed by atoms with Crippen LogP contribution in [0.15, 0.2) is 12.3 Å². The maximum Gasteiger partial charge on any atom is 0.257 e. The topological polar surface area (TPSA) is 101 Å². The van der Waals surface area contributed by atoms with Gasteiger partial charge in [-0.1, -0.05) is 13.8 Å². The number of nitrogen functional groups attached to an aromatic ring is 1. The van der Waals surface area contributed by atoms with Gasteiger partial charge in [-0.05, 0) is 13.8 Å². The summed E-state index contributed by atoms with van der Waals surface area (Å²) in [6, 6.07) is 2.00. The van der Waals surface area contributed by atoms with Crippen LogP contribution >= 0.6 is 0 Å². The fraction of sp³-hybridized carbons (Fsp3) is 0.500. The van der Waals surface area contributed by atoms with Crippen LogP contribution in [0.5, 0.6) is 0 Å². The molecule has 2 aromatic rings. The molecule has 0 atom stereocenters. The minimum atomic E-state index is -0.0520. The molecule has 2 aromatic heterocycles. The third-order valence-corrected chi connectivity index (χ3v) is 4.49. The number of aromatic nitrogens is 4. The summed E-state index contributed by atoms with van der Waals surface area (Å²) in [6.45, 7) is 10.7. The number of carbonyl (C=O) groups excluding carboxylic acids is 1. The smallest absolute Gasteiger partial charge is 0.257 e. The molecule has 138 valence electrons. The van der Waals surface area contributed by atoms with E-state index >= 15 is 0 Å². The molecule has 26 heavy (non-hydrogen) atoms. The Hall–Kier alpha value is -2.77. The highest BCUT2D eigenvalue weighted by Crippen LogP contribution is 2.19. The lowest BCUT2D eigenvalue weighted by molar-refractivity contribution is 0.0745. The molecular weight excluding hydrogens is 330 g/mol. The molecule has 0 bridgehead atoms. The molecule has 8 nitrogen and oxygen atoms in total. The Balaban J connectivity index is 1.70. The number of amides is 1. The minimum Gasteiger partial charge on any atom is -0.368 e. The van der Waals surface area contributed by atoms with Crippen molar-refractivity contribution in [2.24, 2.45) is 0 Å². The van der Waals surface area contributed by atoms with Gasteiger partial charge in [-0.3, -0.25) is 4.79 Å². The van der Waals surface area contributed by atoms with E-state index in [1.165, 1.54) is 6.20 Å². The number of hydrogen-bond acceptors (Lipinski definition) is 7. The number of hydrogen-bond donors (Lipinski definition) is 1. The van der Waals surface area contributed by atoms with Gasteiger partial charge in [0.05, 0.1) is 11.3 Å². The van der Waals surface area contributed by atoms with Crippen LogP contribution < -0.4 is 10.6 Å². The Kier molecular flexibility index (Phi) is 5.01. The van der Waals surface area contributed by atoms with E-state index in [0.717, 1.165) is 30.4 Å². The molecule has 0 radical (unpaired) electrons. The highest BCUT2D eigenvalue weighted by atomic mass is 16.2. The second kappa shape index (κ2) is 7.23. The molecule has 0 spiro atoms. The molecule has 2 N–H and O–H groups in total. The third-order valence-electron chi connectivity index (χ3n) is 4.49. The lowest BCUT2D eigenvalue weighted by Gasteiger charge is -2.35. The van der Waals surface area contributed by atoms with Crippen LogP contribution in [0, 0.1) is 13.8 Å². The molecule has 8 heteroatoms. The van der Waals surface area contributed by atoms with Crippen molar-refractivity contribution in [2.75, 3.05) is 36.8 Å². The maximum atomic E-state index is 12.7. The van der Waals surface area contributed by atoms with Gasteiger partial charge < -0.3 is 15.5 Å². The zero-order valence-corrected chi connectivity index (χ0v) is 15.7. The van der Waals surface area contributed by atoms with Crippen LogP contribution in [-0.4, -0.2) is 56.9 Å². The van der Waals surface area contributed by atoms with Gasteiger partial charge in [0, 0.05) is 50.1 Å². The molecule has 3 rings (SSSR count). The van der Waals surface area contributed by atoms with Crippen LogP contribution in [-0.2, 0) is 0 Å². The van der Waals surface area contributed by atoms with Crippen molar-refractivity contribution in [3.63, 3.8) is 0 Å². The van der Waals surface area contributed by atoms with E-state index in [2.05, 4.69) is 38.7 Å². The molecule has 1 saturated heterocycles. The molecule has 0 aromatic carbocycles. The zero-order chi connectivity index (χ0) is 18.8. The number of carbonyl (C=O) groups is 1. The summed E-state index contributed by atoms with van der Waals surface area (Å²) in [5.74, 6) is 2.20. The molecule has 1 aliphatic rings. The number of piperazine rings is 1. The van der Waals surface area contributed by atoms with Crippen LogP contribution in [0.2, 0.25) is 0 Å². The summed E-state index contributed by atoms with van der Waals surface area (Å²) in [5.41, 5.74) is 7.65. The first kappa shape index (κ1) is 18.0. The fourth-order valence-corrected chi connectivity index (χ4v) is 3.00. The summed E-state index contributed by atoms with van der Waals surface area (Å²) >= 11 is 0.